The van der Waals surface area contributed by atoms with Crippen molar-refractivity contribution in [1.29, 1.82) is 0 Å². The number of rotatable bonds is 4. The molecule has 2 aromatic rings. The first-order valence-electron chi connectivity index (χ1n) is 7.27. The summed E-state index contributed by atoms with van der Waals surface area (Å²) in [5.74, 6) is -0.546. The van der Waals surface area contributed by atoms with Crippen molar-refractivity contribution < 1.29 is 31.5 Å². The average molecular weight is 400 g/mol. The predicted octanol–water partition coefficient (Wildman–Crippen LogP) is 1.46. The van der Waals surface area contributed by atoms with Crippen LogP contribution in [0.15, 0.2) is 58.3 Å². The Morgan fingerprint density at radius 3 is 1.88 bits per heavy atom. The third-order valence-corrected chi connectivity index (χ3v) is 5.41. The standard InChI is InChI=1S/C9H10O4S.C8H10O3S/c1-13-9(10)7-4-3-5-8(6-7)14(2,11)12;1-12(10,11)8-4-2-3-7(5-8)6-9/h3-6H,1-2H3;2-5,9H,6H2,1H3. The molecule has 26 heavy (non-hydrogen) atoms. The van der Waals surface area contributed by atoms with Crippen molar-refractivity contribution >= 4 is 25.6 Å². The molecule has 0 atom stereocenters. The minimum absolute atomic E-state index is 0.111. The second-order valence-electron chi connectivity index (χ2n) is 5.37. The Morgan fingerprint density at radius 1 is 0.923 bits per heavy atom. The summed E-state index contributed by atoms with van der Waals surface area (Å²) >= 11 is 0. The van der Waals surface area contributed by atoms with Crippen LogP contribution in [0.4, 0.5) is 0 Å². The van der Waals surface area contributed by atoms with Gasteiger partial charge in [-0.05, 0) is 35.9 Å². The van der Waals surface area contributed by atoms with Gasteiger partial charge in [0, 0.05) is 12.5 Å². The zero-order chi connectivity index (χ0) is 20.0. The quantitative estimate of drug-likeness (QED) is 0.773. The number of methoxy groups -OCH3 is 1. The number of ether oxygens (including phenoxy) is 1. The molecule has 0 aliphatic heterocycles. The van der Waals surface area contributed by atoms with Crippen molar-refractivity contribution in [3.8, 4) is 0 Å². The lowest BCUT2D eigenvalue weighted by Gasteiger charge is -2.01. The molecule has 0 aromatic heterocycles. The first-order valence-corrected chi connectivity index (χ1v) is 11.1. The minimum atomic E-state index is -3.27. The summed E-state index contributed by atoms with van der Waals surface area (Å²) in [7, 11) is -5.18. The zero-order valence-corrected chi connectivity index (χ0v) is 16.2. The van der Waals surface area contributed by atoms with E-state index in [4.69, 9.17) is 5.11 Å². The maximum atomic E-state index is 11.1. The predicted molar refractivity (Wildman–Crippen MR) is 96.4 cm³/mol. The highest BCUT2D eigenvalue weighted by atomic mass is 32.2. The van der Waals surface area contributed by atoms with Gasteiger partial charge in [-0.3, -0.25) is 0 Å². The molecule has 7 nitrogen and oxygen atoms in total. The van der Waals surface area contributed by atoms with Gasteiger partial charge in [-0.15, -0.1) is 0 Å². The van der Waals surface area contributed by atoms with Gasteiger partial charge >= 0.3 is 5.97 Å². The van der Waals surface area contributed by atoms with Crippen molar-refractivity contribution in [2.75, 3.05) is 19.6 Å². The van der Waals surface area contributed by atoms with E-state index in [0.29, 0.717) is 5.56 Å². The van der Waals surface area contributed by atoms with Gasteiger partial charge in [-0.1, -0.05) is 18.2 Å². The molecule has 0 fully saturated rings. The molecule has 1 N–H and O–H groups in total. The maximum Gasteiger partial charge on any atom is 0.337 e. The maximum absolute atomic E-state index is 11.1. The van der Waals surface area contributed by atoms with Crippen LogP contribution >= 0.6 is 0 Å². The lowest BCUT2D eigenvalue weighted by atomic mass is 10.2. The van der Waals surface area contributed by atoms with Crippen molar-refractivity contribution in [1.82, 2.24) is 0 Å². The first kappa shape index (κ1) is 21.8. The molecular weight excluding hydrogens is 380 g/mol. The molecule has 0 aliphatic carbocycles. The summed E-state index contributed by atoms with van der Waals surface area (Å²) in [6, 6.07) is 12.0. The fourth-order valence-electron chi connectivity index (χ4n) is 1.85. The summed E-state index contributed by atoms with van der Waals surface area (Å²) in [5, 5.41) is 8.73. The Balaban J connectivity index is 0.000000263. The van der Waals surface area contributed by atoms with Crippen molar-refractivity contribution in [3.05, 3.63) is 59.7 Å². The summed E-state index contributed by atoms with van der Waals surface area (Å²) in [6.45, 7) is -0.136. The smallest absolute Gasteiger partial charge is 0.337 e. The molecule has 0 spiro atoms. The number of carbonyl (C=O) groups excluding carboxylic acids is 1. The van der Waals surface area contributed by atoms with Crippen LogP contribution in [0.1, 0.15) is 15.9 Å². The third-order valence-electron chi connectivity index (χ3n) is 3.19. The number of hydrogen-bond donors (Lipinski definition) is 1. The topological polar surface area (TPSA) is 115 Å². The van der Waals surface area contributed by atoms with E-state index < -0.39 is 25.6 Å². The van der Waals surface area contributed by atoms with Crippen LogP contribution in [0.3, 0.4) is 0 Å². The van der Waals surface area contributed by atoms with E-state index in [2.05, 4.69) is 4.74 Å². The van der Waals surface area contributed by atoms with Crippen LogP contribution in [-0.2, 0) is 31.0 Å². The number of esters is 1. The van der Waals surface area contributed by atoms with Crippen molar-refractivity contribution in [3.63, 3.8) is 0 Å². The Kier molecular flexibility index (Phi) is 7.49. The Bertz CT molecular complexity index is 978. The molecule has 142 valence electrons. The van der Waals surface area contributed by atoms with E-state index in [-0.39, 0.29) is 22.0 Å². The van der Waals surface area contributed by atoms with Gasteiger partial charge in [0.15, 0.2) is 19.7 Å². The number of aliphatic hydroxyl groups excluding tert-OH is 1. The van der Waals surface area contributed by atoms with E-state index in [9.17, 15) is 21.6 Å². The Hall–Kier alpha value is -2.23. The van der Waals surface area contributed by atoms with Crippen LogP contribution < -0.4 is 0 Å². The number of carbonyl (C=O) groups is 1. The van der Waals surface area contributed by atoms with Gasteiger partial charge in [0.25, 0.3) is 0 Å². The fraction of sp³-hybridized carbons (Fsp3) is 0.235. The fourth-order valence-corrected chi connectivity index (χ4v) is 3.20. The first-order chi connectivity index (χ1) is 12.0. The van der Waals surface area contributed by atoms with Gasteiger partial charge in [-0.25, -0.2) is 21.6 Å². The zero-order valence-electron chi connectivity index (χ0n) is 14.5. The van der Waals surface area contributed by atoms with Crippen molar-refractivity contribution in [2.45, 2.75) is 16.4 Å². The molecule has 2 aromatic carbocycles. The van der Waals surface area contributed by atoms with E-state index in [0.717, 1.165) is 12.5 Å². The molecule has 0 radical (unpaired) electrons. The van der Waals surface area contributed by atoms with Gasteiger partial charge in [0.05, 0.1) is 29.1 Å². The molecule has 2 rings (SSSR count). The Morgan fingerprint density at radius 2 is 1.42 bits per heavy atom. The lowest BCUT2D eigenvalue weighted by Crippen LogP contribution is -2.04. The lowest BCUT2D eigenvalue weighted by molar-refractivity contribution is 0.0600. The molecule has 0 unspecified atom stereocenters. The monoisotopic (exact) mass is 400 g/mol. The normalized spacial score (nSPS) is 11.2. The van der Waals surface area contributed by atoms with E-state index in [1.807, 2.05) is 0 Å². The highest BCUT2D eigenvalue weighted by Crippen LogP contribution is 2.12. The van der Waals surface area contributed by atoms with Gasteiger partial charge < -0.3 is 9.84 Å². The second-order valence-corrected chi connectivity index (χ2v) is 9.40. The van der Waals surface area contributed by atoms with Crippen LogP contribution in [0, 0.1) is 0 Å². The molecule has 0 heterocycles. The summed E-state index contributed by atoms with van der Waals surface area (Å²) in [5.41, 5.74) is 0.841. The van der Waals surface area contributed by atoms with Gasteiger partial charge in [0.1, 0.15) is 0 Å². The van der Waals surface area contributed by atoms with E-state index >= 15 is 0 Å². The van der Waals surface area contributed by atoms with Gasteiger partial charge in [-0.2, -0.15) is 0 Å². The van der Waals surface area contributed by atoms with Crippen LogP contribution in [0.25, 0.3) is 0 Å². The van der Waals surface area contributed by atoms with E-state index in [1.165, 1.54) is 43.5 Å². The number of hydrogen-bond acceptors (Lipinski definition) is 7. The molecule has 9 heteroatoms. The van der Waals surface area contributed by atoms with Crippen LogP contribution in [0.5, 0.6) is 0 Å². The molecule has 0 saturated heterocycles. The van der Waals surface area contributed by atoms with Crippen LogP contribution in [0.2, 0.25) is 0 Å². The summed E-state index contributed by atoms with van der Waals surface area (Å²) in [6.07, 6.45) is 2.23. The minimum Gasteiger partial charge on any atom is -0.465 e. The summed E-state index contributed by atoms with van der Waals surface area (Å²) < 4.78 is 48.8. The molecule has 0 bridgehead atoms. The molecule has 0 aliphatic rings. The number of sulfone groups is 2. The average Bonchev–Trinajstić information content (AvgIpc) is 2.60. The summed E-state index contributed by atoms with van der Waals surface area (Å²) in [4.78, 5) is 11.4. The van der Waals surface area contributed by atoms with E-state index in [1.54, 1.807) is 12.1 Å². The SMILES string of the molecule is COC(=O)c1cccc(S(C)(=O)=O)c1.CS(=O)(=O)c1cccc(CO)c1. The highest BCUT2D eigenvalue weighted by molar-refractivity contribution is 7.91. The second kappa shape index (κ2) is 8.93. The van der Waals surface area contributed by atoms with Gasteiger partial charge in [0.2, 0.25) is 0 Å². The number of benzene rings is 2. The molecule has 0 amide bonds. The van der Waals surface area contributed by atoms with Crippen molar-refractivity contribution in [2.24, 2.45) is 0 Å². The highest BCUT2D eigenvalue weighted by Gasteiger charge is 2.11. The largest absolute Gasteiger partial charge is 0.465 e. The number of aliphatic hydroxyl groups is 1. The molecule has 0 saturated carbocycles. The Labute approximate surface area is 153 Å². The van der Waals surface area contributed by atoms with Crippen LogP contribution in [-0.4, -0.2) is 47.5 Å². The third kappa shape index (κ3) is 6.58. The molecular formula is C17H20O7S2.